The first-order valence-corrected chi connectivity index (χ1v) is 10.2. The van der Waals surface area contributed by atoms with Gasteiger partial charge in [-0.2, -0.15) is 9.61 Å². The molecule has 0 atom stereocenters. The summed E-state index contributed by atoms with van der Waals surface area (Å²) in [5.41, 5.74) is 5.69. The molecule has 5 rings (SSSR count). The van der Waals surface area contributed by atoms with Gasteiger partial charge in [0.1, 0.15) is 11.6 Å². The van der Waals surface area contributed by atoms with E-state index in [1.54, 1.807) is 6.07 Å². The van der Waals surface area contributed by atoms with Crippen LogP contribution < -0.4 is 5.32 Å². The third-order valence-corrected chi connectivity index (χ3v) is 5.58. The fourth-order valence-electron chi connectivity index (χ4n) is 3.95. The van der Waals surface area contributed by atoms with E-state index in [1.165, 1.54) is 17.7 Å². The summed E-state index contributed by atoms with van der Waals surface area (Å²) in [5, 5.41) is 9.05. The molecule has 0 radical (unpaired) electrons. The lowest BCUT2D eigenvalue weighted by Gasteiger charge is -2.20. The van der Waals surface area contributed by atoms with Crippen molar-refractivity contribution in [3.63, 3.8) is 0 Å². The first-order valence-electron chi connectivity index (χ1n) is 9.83. The van der Waals surface area contributed by atoms with Crippen LogP contribution in [0.3, 0.4) is 0 Å². The first-order chi connectivity index (χ1) is 14.2. The molecule has 6 heteroatoms. The van der Waals surface area contributed by atoms with Gasteiger partial charge >= 0.3 is 0 Å². The third-order valence-electron chi connectivity index (χ3n) is 5.35. The number of nitrogens with one attached hydrogen (secondary N) is 1. The van der Waals surface area contributed by atoms with Crippen molar-refractivity contribution in [2.45, 2.75) is 32.2 Å². The molecule has 4 nitrogen and oxygen atoms in total. The summed E-state index contributed by atoms with van der Waals surface area (Å²) < 4.78 is 15.6. The van der Waals surface area contributed by atoms with Gasteiger partial charge in [0.05, 0.1) is 5.69 Å². The summed E-state index contributed by atoms with van der Waals surface area (Å²) >= 11 is 6.13. The van der Waals surface area contributed by atoms with Crippen LogP contribution >= 0.6 is 11.6 Å². The van der Waals surface area contributed by atoms with Crippen molar-refractivity contribution < 1.29 is 4.39 Å². The highest BCUT2D eigenvalue weighted by Gasteiger charge is 2.20. The third kappa shape index (κ3) is 3.58. The second-order valence-electron chi connectivity index (χ2n) is 7.39. The van der Waals surface area contributed by atoms with Crippen molar-refractivity contribution in [2.24, 2.45) is 0 Å². The maximum atomic E-state index is 13.7. The lowest BCUT2D eigenvalue weighted by molar-refractivity contribution is 0.628. The summed E-state index contributed by atoms with van der Waals surface area (Å²) in [6, 6.07) is 16.3. The van der Waals surface area contributed by atoms with E-state index in [1.807, 2.05) is 40.9 Å². The van der Waals surface area contributed by atoms with Crippen LogP contribution in [0.25, 0.3) is 16.9 Å². The lowest BCUT2D eigenvalue weighted by atomic mass is 9.96. The van der Waals surface area contributed by atoms with Gasteiger partial charge in [-0.25, -0.2) is 9.37 Å². The molecule has 2 heterocycles. The van der Waals surface area contributed by atoms with Gasteiger partial charge in [0.2, 0.25) is 0 Å². The summed E-state index contributed by atoms with van der Waals surface area (Å²) in [6.07, 6.45) is 4.24. The molecule has 1 aliphatic rings. The van der Waals surface area contributed by atoms with Crippen LogP contribution in [0.4, 0.5) is 10.2 Å². The fourth-order valence-corrected chi connectivity index (χ4v) is 4.17. The number of aryl methyl sites for hydroxylation is 1. The Morgan fingerprint density at radius 2 is 1.90 bits per heavy atom. The SMILES string of the molecule is Fc1cccc(-c2cc3nc4c(c(NCc5cccc(Cl)c5)n3n2)CCCC4)c1. The number of halogens is 2. The minimum absolute atomic E-state index is 0.272. The van der Waals surface area contributed by atoms with Gasteiger partial charge in [0.25, 0.3) is 0 Å². The number of hydrogen-bond donors (Lipinski definition) is 1. The average molecular weight is 407 g/mol. The molecule has 1 N–H and O–H groups in total. The normalized spacial score (nSPS) is 13.4. The van der Waals surface area contributed by atoms with Crippen LogP contribution in [-0.4, -0.2) is 14.6 Å². The summed E-state index contributed by atoms with van der Waals surface area (Å²) in [5.74, 6) is 0.693. The molecule has 146 valence electrons. The molecular formula is C23H20ClFN4. The van der Waals surface area contributed by atoms with Crippen LogP contribution in [0.5, 0.6) is 0 Å². The van der Waals surface area contributed by atoms with Crippen molar-refractivity contribution in [1.82, 2.24) is 14.6 Å². The minimum Gasteiger partial charge on any atom is -0.366 e. The Kier molecular flexibility index (Phi) is 4.68. The Hall–Kier alpha value is -2.92. The molecule has 0 spiro atoms. The smallest absolute Gasteiger partial charge is 0.158 e. The summed E-state index contributed by atoms with van der Waals surface area (Å²) in [4.78, 5) is 4.86. The Labute approximate surface area is 173 Å². The number of fused-ring (bicyclic) bond motifs is 2. The molecule has 0 bridgehead atoms. The van der Waals surface area contributed by atoms with Crippen LogP contribution in [-0.2, 0) is 19.4 Å². The zero-order valence-corrected chi connectivity index (χ0v) is 16.6. The van der Waals surface area contributed by atoms with Crippen molar-refractivity contribution in [1.29, 1.82) is 0 Å². The van der Waals surface area contributed by atoms with Crippen molar-refractivity contribution in [3.05, 3.63) is 82.3 Å². The highest BCUT2D eigenvalue weighted by molar-refractivity contribution is 6.30. The molecule has 1 aliphatic carbocycles. The molecular weight excluding hydrogens is 387 g/mol. The molecule has 0 saturated carbocycles. The maximum absolute atomic E-state index is 13.7. The van der Waals surface area contributed by atoms with Crippen molar-refractivity contribution in [3.8, 4) is 11.3 Å². The Balaban J connectivity index is 1.59. The van der Waals surface area contributed by atoms with Gasteiger partial charge < -0.3 is 5.32 Å². The Bertz CT molecular complexity index is 1200. The van der Waals surface area contributed by atoms with E-state index < -0.39 is 0 Å². The first kappa shape index (κ1) is 18.1. The number of hydrogen-bond acceptors (Lipinski definition) is 3. The zero-order valence-electron chi connectivity index (χ0n) is 15.8. The number of rotatable bonds is 4. The summed E-state index contributed by atoms with van der Waals surface area (Å²) in [6.45, 7) is 0.640. The van der Waals surface area contributed by atoms with Gasteiger partial charge in [-0.1, -0.05) is 35.9 Å². The van der Waals surface area contributed by atoms with Gasteiger partial charge in [-0.3, -0.25) is 0 Å². The zero-order chi connectivity index (χ0) is 19.8. The molecule has 4 aromatic rings. The van der Waals surface area contributed by atoms with E-state index >= 15 is 0 Å². The van der Waals surface area contributed by atoms with E-state index in [4.69, 9.17) is 21.7 Å². The van der Waals surface area contributed by atoms with Crippen LogP contribution in [0.1, 0.15) is 29.7 Å². The number of nitrogens with zero attached hydrogens (tertiary/aromatic N) is 3. The average Bonchev–Trinajstić information content (AvgIpc) is 3.15. The van der Waals surface area contributed by atoms with E-state index in [9.17, 15) is 4.39 Å². The number of benzene rings is 2. The molecule has 0 amide bonds. The van der Waals surface area contributed by atoms with Gasteiger partial charge in [-0.05, 0) is 55.5 Å². The predicted molar refractivity (Wildman–Crippen MR) is 114 cm³/mol. The summed E-state index contributed by atoms with van der Waals surface area (Å²) in [7, 11) is 0. The van der Waals surface area contributed by atoms with Crippen LogP contribution in [0, 0.1) is 5.82 Å². The highest BCUT2D eigenvalue weighted by Crippen LogP contribution is 2.30. The van der Waals surface area contributed by atoms with Crippen molar-refractivity contribution in [2.75, 3.05) is 5.32 Å². The van der Waals surface area contributed by atoms with Crippen LogP contribution in [0.15, 0.2) is 54.6 Å². The van der Waals surface area contributed by atoms with Crippen molar-refractivity contribution >= 4 is 23.1 Å². The van der Waals surface area contributed by atoms with Gasteiger partial charge in [0, 0.05) is 34.5 Å². The number of anilines is 1. The lowest BCUT2D eigenvalue weighted by Crippen LogP contribution is -2.15. The molecule has 29 heavy (non-hydrogen) atoms. The molecule has 2 aromatic heterocycles. The van der Waals surface area contributed by atoms with Gasteiger partial charge in [-0.15, -0.1) is 0 Å². The maximum Gasteiger partial charge on any atom is 0.158 e. The van der Waals surface area contributed by atoms with E-state index in [0.29, 0.717) is 12.2 Å². The second-order valence-corrected chi connectivity index (χ2v) is 7.82. The molecule has 0 unspecified atom stereocenters. The largest absolute Gasteiger partial charge is 0.366 e. The Morgan fingerprint density at radius 3 is 2.76 bits per heavy atom. The second kappa shape index (κ2) is 7.48. The topological polar surface area (TPSA) is 42.2 Å². The highest BCUT2D eigenvalue weighted by atomic mass is 35.5. The quantitative estimate of drug-likeness (QED) is 0.474. The van der Waals surface area contributed by atoms with E-state index in [-0.39, 0.29) is 5.82 Å². The number of aromatic nitrogens is 3. The van der Waals surface area contributed by atoms with Gasteiger partial charge in [0.15, 0.2) is 5.65 Å². The van der Waals surface area contributed by atoms with E-state index in [0.717, 1.165) is 59.0 Å². The van der Waals surface area contributed by atoms with Crippen LogP contribution in [0.2, 0.25) is 5.02 Å². The molecule has 0 saturated heterocycles. The fraction of sp³-hybridized carbons (Fsp3) is 0.217. The monoisotopic (exact) mass is 406 g/mol. The molecule has 0 aliphatic heterocycles. The van der Waals surface area contributed by atoms with E-state index in [2.05, 4.69) is 5.32 Å². The standard InChI is InChI=1S/C23H20ClFN4/c24-17-7-3-5-15(11-17)14-26-23-19-9-1-2-10-20(19)27-22-13-21(28-29(22)23)16-6-4-8-18(25)12-16/h3-8,11-13,26H,1-2,9-10,14H2. The molecule has 2 aromatic carbocycles. The molecule has 0 fully saturated rings. The minimum atomic E-state index is -0.272. The Morgan fingerprint density at radius 1 is 1.03 bits per heavy atom. The predicted octanol–water partition coefficient (Wildman–Crippen LogP) is 5.68.